The molecule has 1 aliphatic carbocycles. The third-order valence-corrected chi connectivity index (χ3v) is 5.72. The fraction of sp³-hybridized carbons (Fsp3) is 0.333. The van der Waals surface area contributed by atoms with E-state index in [0.717, 1.165) is 50.0 Å². The molecule has 2 aliphatic rings. The van der Waals surface area contributed by atoms with E-state index in [1.165, 1.54) is 11.1 Å². The van der Waals surface area contributed by atoms with Crippen molar-refractivity contribution in [3.05, 3.63) is 81.4 Å². The van der Waals surface area contributed by atoms with Crippen molar-refractivity contribution in [1.82, 2.24) is 19.7 Å². The van der Waals surface area contributed by atoms with Crippen LogP contribution in [-0.2, 0) is 19.4 Å². The monoisotopic (exact) mass is 346 g/mol. The second-order valence-corrected chi connectivity index (χ2v) is 7.23. The fourth-order valence-corrected chi connectivity index (χ4v) is 4.44. The Hall–Kier alpha value is -2.66. The van der Waals surface area contributed by atoms with Crippen LogP contribution in [-0.4, -0.2) is 26.2 Å². The topological polar surface area (TPSA) is 53.9 Å². The summed E-state index contributed by atoms with van der Waals surface area (Å²) >= 11 is 0. The second kappa shape index (κ2) is 6.25. The molecule has 1 aliphatic heterocycles. The number of rotatable bonds is 2. The van der Waals surface area contributed by atoms with Crippen molar-refractivity contribution >= 4 is 0 Å². The van der Waals surface area contributed by atoms with Gasteiger partial charge in [0, 0.05) is 31.0 Å². The molecular weight excluding hydrogens is 324 g/mol. The first-order valence-electron chi connectivity index (χ1n) is 9.37. The number of aryl methyl sites for hydroxylation is 1. The summed E-state index contributed by atoms with van der Waals surface area (Å²) in [7, 11) is 0. The van der Waals surface area contributed by atoms with Gasteiger partial charge in [-0.1, -0.05) is 30.3 Å². The Bertz CT molecular complexity index is 989. The zero-order valence-electron chi connectivity index (χ0n) is 14.7. The van der Waals surface area contributed by atoms with Crippen LogP contribution >= 0.6 is 0 Å². The van der Waals surface area contributed by atoms with Gasteiger partial charge in [-0.2, -0.15) is 0 Å². The molecule has 1 aromatic carbocycles. The van der Waals surface area contributed by atoms with Gasteiger partial charge >= 0.3 is 0 Å². The highest BCUT2D eigenvalue weighted by Gasteiger charge is 2.33. The normalized spacial score (nSPS) is 19.8. The summed E-state index contributed by atoms with van der Waals surface area (Å²) in [6.45, 7) is 1.93. The van der Waals surface area contributed by atoms with Crippen molar-refractivity contribution in [2.75, 3.05) is 6.54 Å². The lowest BCUT2D eigenvalue weighted by molar-refractivity contribution is 0.161. The summed E-state index contributed by atoms with van der Waals surface area (Å²) in [4.78, 5) is 20.0. The first-order valence-corrected chi connectivity index (χ1v) is 9.37. The van der Waals surface area contributed by atoms with Gasteiger partial charge in [-0.3, -0.25) is 14.8 Å². The molecule has 0 amide bonds. The van der Waals surface area contributed by atoms with E-state index in [2.05, 4.69) is 39.2 Å². The maximum atomic E-state index is 13.2. The minimum atomic E-state index is 0.0576. The molecule has 5 rings (SSSR count). The van der Waals surface area contributed by atoms with Crippen molar-refractivity contribution in [3.8, 4) is 5.82 Å². The van der Waals surface area contributed by atoms with Crippen LogP contribution in [0.4, 0.5) is 0 Å². The summed E-state index contributed by atoms with van der Waals surface area (Å²) in [6, 6.07) is 14.5. The van der Waals surface area contributed by atoms with E-state index in [4.69, 9.17) is 0 Å². The minimum Gasteiger partial charge on any atom is -0.293 e. The molecule has 132 valence electrons. The van der Waals surface area contributed by atoms with Crippen LogP contribution in [0.5, 0.6) is 0 Å². The standard InChI is InChI=1S/C21H22N4O/c26-21-20-17(23-25(21)19-10-3-4-12-22-19)8-5-9-18(20)24-13-11-15-6-1-2-7-16(15)14-24/h1-4,6-7,10,12,18,23H,5,8-9,11,13-14H2. The predicted molar refractivity (Wildman–Crippen MR) is 100 cm³/mol. The summed E-state index contributed by atoms with van der Waals surface area (Å²) in [6.07, 6.45) is 5.87. The lowest BCUT2D eigenvalue weighted by Gasteiger charge is -2.37. The SMILES string of the molecule is O=c1c2c([nH]n1-c1ccccn1)CCCC2N1CCc2ccccc2C1. The number of nitrogens with one attached hydrogen (secondary N) is 1. The summed E-state index contributed by atoms with van der Waals surface area (Å²) < 4.78 is 1.61. The van der Waals surface area contributed by atoms with Gasteiger partial charge in [0.05, 0.1) is 5.56 Å². The maximum Gasteiger partial charge on any atom is 0.277 e. The summed E-state index contributed by atoms with van der Waals surface area (Å²) in [5.74, 6) is 0.662. The molecule has 0 spiro atoms. The van der Waals surface area contributed by atoms with E-state index in [1.807, 2.05) is 18.2 Å². The number of hydrogen-bond acceptors (Lipinski definition) is 3. The molecule has 5 nitrogen and oxygen atoms in total. The number of aromatic amines is 1. The van der Waals surface area contributed by atoms with E-state index in [9.17, 15) is 4.79 Å². The van der Waals surface area contributed by atoms with Crippen LogP contribution < -0.4 is 5.56 Å². The molecule has 3 heterocycles. The lowest BCUT2D eigenvalue weighted by atomic mass is 9.89. The van der Waals surface area contributed by atoms with Crippen LogP contribution in [0.2, 0.25) is 0 Å². The van der Waals surface area contributed by atoms with Gasteiger partial charge in [0.25, 0.3) is 5.56 Å². The largest absolute Gasteiger partial charge is 0.293 e. The summed E-state index contributed by atoms with van der Waals surface area (Å²) in [5.41, 5.74) is 4.92. The van der Waals surface area contributed by atoms with Crippen molar-refractivity contribution in [2.24, 2.45) is 0 Å². The molecule has 0 saturated carbocycles. The molecule has 1 N–H and O–H groups in total. The Kier molecular flexibility index (Phi) is 3.75. The zero-order valence-corrected chi connectivity index (χ0v) is 14.7. The first kappa shape index (κ1) is 15.6. The average molecular weight is 346 g/mol. The quantitative estimate of drug-likeness (QED) is 0.776. The van der Waals surface area contributed by atoms with Crippen molar-refractivity contribution in [2.45, 2.75) is 38.3 Å². The molecule has 1 atom stereocenters. The predicted octanol–water partition coefficient (Wildman–Crippen LogP) is 3.00. The van der Waals surface area contributed by atoms with Gasteiger partial charge in [-0.25, -0.2) is 9.67 Å². The van der Waals surface area contributed by atoms with Crippen molar-refractivity contribution < 1.29 is 0 Å². The molecule has 26 heavy (non-hydrogen) atoms. The number of hydrogen-bond donors (Lipinski definition) is 1. The highest BCUT2D eigenvalue weighted by atomic mass is 16.1. The minimum absolute atomic E-state index is 0.0576. The Balaban J connectivity index is 1.53. The Morgan fingerprint density at radius 3 is 2.73 bits per heavy atom. The molecule has 0 saturated heterocycles. The Labute approximate surface area is 152 Å². The van der Waals surface area contributed by atoms with E-state index in [0.29, 0.717) is 5.82 Å². The molecular formula is C21H22N4O. The highest BCUT2D eigenvalue weighted by molar-refractivity contribution is 5.33. The van der Waals surface area contributed by atoms with E-state index in [-0.39, 0.29) is 11.6 Å². The molecule has 0 fully saturated rings. The van der Waals surface area contributed by atoms with Crippen LogP contribution in [0.1, 0.15) is 41.3 Å². The van der Waals surface area contributed by atoms with Gasteiger partial charge in [0.2, 0.25) is 0 Å². The van der Waals surface area contributed by atoms with E-state index < -0.39 is 0 Å². The second-order valence-electron chi connectivity index (χ2n) is 7.23. The maximum absolute atomic E-state index is 13.2. The molecule has 3 aromatic rings. The Morgan fingerprint density at radius 2 is 1.88 bits per heavy atom. The van der Waals surface area contributed by atoms with Gasteiger partial charge in [0.15, 0.2) is 5.82 Å². The van der Waals surface area contributed by atoms with Gasteiger partial charge in [-0.05, 0) is 48.9 Å². The van der Waals surface area contributed by atoms with Crippen LogP contribution in [0.25, 0.3) is 5.82 Å². The lowest BCUT2D eigenvalue weighted by Crippen LogP contribution is -2.38. The fourth-order valence-electron chi connectivity index (χ4n) is 4.44. The number of nitrogens with zero attached hydrogens (tertiary/aromatic N) is 3. The molecule has 2 aromatic heterocycles. The molecule has 0 bridgehead atoms. The van der Waals surface area contributed by atoms with E-state index in [1.54, 1.807) is 10.9 Å². The molecule has 5 heteroatoms. The van der Waals surface area contributed by atoms with Gasteiger partial charge < -0.3 is 0 Å². The molecule has 1 unspecified atom stereocenters. The number of H-pyrrole nitrogens is 1. The number of benzene rings is 1. The van der Waals surface area contributed by atoms with Gasteiger partial charge in [-0.15, -0.1) is 0 Å². The van der Waals surface area contributed by atoms with Crippen molar-refractivity contribution in [1.29, 1.82) is 0 Å². The highest BCUT2D eigenvalue weighted by Crippen LogP contribution is 2.35. The third kappa shape index (κ3) is 2.51. The summed E-state index contributed by atoms with van der Waals surface area (Å²) in [5, 5.41) is 3.32. The number of pyridine rings is 1. The van der Waals surface area contributed by atoms with Gasteiger partial charge in [0.1, 0.15) is 0 Å². The zero-order chi connectivity index (χ0) is 17.5. The first-order chi connectivity index (χ1) is 12.8. The Morgan fingerprint density at radius 1 is 1.04 bits per heavy atom. The van der Waals surface area contributed by atoms with Crippen LogP contribution in [0.3, 0.4) is 0 Å². The number of aromatic nitrogens is 3. The average Bonchev–Trinajstić information content (AvgIpc) is 3.05. The third-order valence-electron chi connectivity index (χ3n) is 5.72. The van der Waals surface area contributed by atoms with Crippen LogP contribution in [0, 0.1) is 0 Å². The van der Waals surface area contributed by atoms with Crippen LogP contribution in [0.15, 0.2) is 53.5 Å². The smallest absolute Gasteiger partial charge is 0.277 e. The van der Waals surface area contributed by atoms with Crippen molar-refractivity contribution in [3.63, 3.8) is 0 Å². The number of fused-ring (bicyclic) bond motifs is 2. The van der Waals surface area contributed by atoms with E-state index >= 15 is 0 Å². The molecule has 0 radical (unpaired) electrons.